The number of anilines is 2. The van der Waals surface area contributed by atoms with Crippen LogP contribution in [-0.4, -0.2) is 41.1 Å². The Labute approximate surface area is 153 Å². The number of sulfonamides is 1. The van der Waals surface area contributed by atoms with Crippen LogP contribution in [0.2, 0.25) is 0 Å². The number of amides is 1. The Morgan fingerprint density at radius 3 is 2.50 bits per heavy atom. The van der Waals surface area contributed by atoms with Gasteiger partial charge in [-0.3, -0.25) is 9.52 Å². The lowest BCUT2D eigenvalue weighted by Crippen LogP contribution is -2.30. The summed E-state index contributed by atoms with van der Waals surface area (Å²) in [6.07, 6.45) is 0. The molecule has 0 aromatic heterocycles. The first kappa shape index (κ1) is 19.9. The van der Waals surface area contributed by atoms with E-state index in [1.807, 2.05) is 0 Å². The van der Waals surface area contributed by atoms with Gasteiger partial charge in [0.1, 0.15) is 0 Å². The molecule has 0 aliphatic rings. The minimum atomic E-state index is -3.76. The lowest BCUT2D eigenvalue weighted by atomic mass is 10.2. The Morgan fingerprint density at radius 1 is 1.08 bits per heavy atom. The van der Waals surface area contributed by atoms with Crippen molar-refractivity contribution in [3.63, 3.8) is 0 Å². The zero-order valence-corrected chi connectivity index (χ0v) is 15.6. The number of methoxy groups -OCH3 is 1. The molecule has 2 aromatic rings. The highest BCUT2D eigenvalue weighted by Crippen LogP contribution is 2.22. The Balaban J connectivity index is 2.10. The summed E-state index contributed by atoms with van der Waals surface area (Å²) in [7, 11) is -2.18. The molecule has 0 spiro atoms. The summed E-state index contributed by atoms with van der Waals surface area (Å²) < 4.78 is 32.7. The summed E-state index contributed by atoms with van der Waals surface area (Å²) >= 11 is 0. The summed E-state index contributed by atoms with van der Waals surface area (Å²) in [5, 5.41) is 5.62. The second-order valence-electron chi connectivity index (χ2n) is 5.67. The predicted molar refractivity (Wildman–Crippen MR) is 102 cm³/mol. The number of carbonyl (C=O) groups excluding carboxylic acids is 1. The number of hydrogen-bond donors (Lipinski definition) is 3. The van der Waals surface area contributed by atoms with Gasteiger partial charge in [-0.05, 0) is 36.8 Å². The molecule has 0 bridgehead atoms. The van der Waals surface area contributed by atoms with Gasteiger partial charge in [0.05, 0.1) is 18.0 Å². The molecule has 140 valence electrons. The van der Waals surface area contributed by atoms with E-state index in [0.29, 0.717) is 30.1 Å². The van der Waals surface area contributed by atoms with Crippen LogP contribution in [-0.2, 0) is 19.6 Å². The molecule has 26 heavy (non-hydrogen) atoms. The van der Waals surface area contributed by atoms with Crippen LogP contribution >= 0.6 is 0 Å². The van der Waals surface area contributed by atoms with E-state index in [9.17, 15) is 13.2 Å². The van der Waals surface area contributed by atoms with E-state index < -0.39 is 10.0 Å². The fraction of sp³-hybridized carbons (Fsp3) is 0.278. The monoisotopic (exact) mass is 377 g/mol. The molecule has 0 aliphatic heterocycles. The highest BCUT2D eigenvalue weighted by Gasteiger charge is 2.18. The summed E-state index contributed by atoms with van der Waals surface area (Å²) in [4.78, 5) is 12.1. The van der Waals surface area contributed by atoms with Gasteiger partial charge in [-0.25, -0.2) is 8.42 Å². The van der Waals surface area contributed by atoms with E-state index in [1.165, 1.54) is 6.07 Å². The lowest BCUT2D eigenvalue weighted by molar-refractivity contribution is -0.115. The minimum absolute atomic E-state index is 0.113. The fourth-order valence-electron chi connectivity index (χ4n) is 2.27. The van der Waals surface area contributed by atoms with E-state index in [-0.39, 0.29) is 17.3 Å². The van der Waals surface area contributed by atoms with Crippen LogP contribution in [0.1, 0.15) is 5.56 Å². The third kappa shape index (κ3) is 5.83. The second-order valence-corrected chi connectivity index (χ2v) is 7.32. The molecule has 0 saturated carbocycles. The molecule has 8 heteroatoms. The molecular weight excluding hydrogens is 354 g/mol. The van der Waals surface area contributed by atoms with E-state index in [0.717, 1.165) is 0 Å². The molecule has 1 amide bonds. The summed E-state index contributed by atoms with van der Waals surface area (Å²) in [5.74, 6) is -0.260. The number of rotatable bonds is 9. The second kappa shape index (κ2) is 9.33. The van der Waals surface area contributed by atoms with Crippen LogP contribution < -0.4 is 15.4 Å². The number of hydrogen-bond acceptors (Lipinski definition) is 5. The average molecular weight is 377 g/mol. The maximum Gasteiger partial charge on any atom is 0.262 e. The van der Waals surface area contributed by atoms with Crippen molar-refractivity contribution >= 4 is 27.3 Å². The van der Waals surface area contributed by atoms with Crippen LogP contribution in [0, 0.1) is 6.92 Å². The van der Waals surface area contributed by atoms with Gasteiger partial charge in [0, 0.05) is 25.0 Å². The van der Waals surface area contributed by atoms with Gasteiger partial charge in [-0.2, -0.15) is 0 Å². The zero-order chi connectivity index (χ0) is 19.0. The molecule has 0 fully saturated rings. The summed E-state index contributed by atoms with van der Waals surface area (Å²) in [5.41, 5.74) is 1.48. The van der Waals surface area contributed by atoms with Crippen LogP contribution in [0.5, 0.6) is 0 Å². The van der Waals surface area contributed by atoms with E-state index in [4.69, 9.17) is 4.74 Å². The molecule has 0 aliphatic carbocycles. The average Bonchev–Trinajstić information content (AvgIpc) is 2.61. The number of aryl methyl sites for hydroxylation is 1. The van der Waals surface area contributed by atoms with Crippen LogP contribution in [0.4, 0.5) is 11.4 Å². The van der Waals surface area contributed by atoms with Crippen molar-refractivity contribution in [3.05, 3.63) is 54.1 Å². The van der Waals surface area contributed by atoms with Crippen LogP contribution in [0.25, 0.3) is 0 Å². The van der Waals surface area contributed by atoms with E-state index in [2.05, 4.69) is 15.4 Å². The molecule has 2 aromatic carbocycles. The van der Waals surface area contributed by atoms with Gasteiger partial charge >= 0.3 is 0 Å². The molecule has 7 nitrogen and oxygen atoms in total. The van der Waals surface area contributed by atoms with E-state index >= 15 is 0 Å². The van der Waals surface area contributed by atoms with Gasteiger partial charge in [-0.15, -0.1) is 0 Å². The third-order valence-corrected chi connectivity index (χ3v) is 5.08. The first-order chi connectivity index (χ1) is 12.4. The van der Waals surface area contributed by atoms with Gasteiger partial charge in [0.2, 0.25) is 5.91 Å². The third-order valence-electron chi connectivity index (χ3n) is 3.56. The molecule has 0 saturated heterocycles. The number of nitrogens with one attached hydrogen (secondary N) is 3. The van der Waals surface area contributed by atoms with Crippen LogP contribution in [0.15, 0.2) is 53.4 Å². The van der Waals surface area contributed by atoms with E-state index in [1.54, 1.807) is 56.5 Å². The Kier molecular flexibility index (Phi) is 7.14. The molecule has 0 heterocycles. The van der Waals surface area contributed by atoms with Gasteiger partial charge in [0.15, 0.2) is 0 Å². The first-order valence-electron chi connectivity index (χ1n) is 8.10. The van der Waals surface area contributed by atoms with Crippen molar-refractivity contribution in [2.75, 3.05) is 36.8 Å². The highest BCUT2D eigenvalue weighted by molar-refractivity contribution is 7.92. The Morgan fingerprint density at radius 2 is 1.81 bits per heavy atom. The predicted octanol–water partition coefficient (Wildman–Crippen LogP) is 1.97. The topological polar surface area (TPSA) is 96.5 Å². The molecular formula is C18H23N3O4S. The largest absolute Gasteiger partial charge is 0.383 e. The Bertz CT molecular complexity index is 839. The fourth-order valence-corrected chi connectivity index (χ4v) is 3.60. The van der Waals surface area contributed by atoms with Crippen LogP contribution in [0.3, 0.4) is 0 Å². The number of ether oxygens (including phenoxy) is 1. The lowest BCUT2D eigenvalue weighted by Gasteiger charge is -2.13. The minimum Gasteiger partial charge on any atom is -0.383 e. The SMILES string of the molecule is COCCNCC(=O)Nc1ccc(C)c(S(=O)(=O)Nc2ccccc2)c1. The van der Waals surface area contributed by atoms with Gasteiger partial charge in [-0.1, -0.05) is 24.3 Å². The summed E-state index contributed by atoms with van der Waals surface area (Å²) in [6, 6.07) is 13.4. The quantitative estimate of drug-likeness (QED) is 0.581. The maximum absolute atomic E-state index is 12.7. The molecule has 3 N–H and O–H groups in total. The van der Waals surface area contributed by atoms with Crippen molar-refractivity contribution in [3.8, 4) is 0 Å². The summed E-state index contributed by atoms with van der Waals surface area (Å²) in [6.45, 7) is 2.88. The van der Waals surface area contributed by atoms with Gasteiger partial charge < -0.3 is 15.4 Å². The zero-order valence-electron chi connectivity index (χ0n) is 14.8. The van der Waals surface area contributed by atoms with Crippen molar-refractivity contribution in [1.82, 2.24) is 5.32 Å². The standard InChI is InChI=1S/C18H23N3O4S/c1-14-8-9-16(20-18(22)13-19-10-11-25-2)12-17(14)26(23,24)21-15-6-4-3-5-7-15/h3-9,12,19,21H,10-11,13H2,1-2H3,(H,20,22). The van der Waals surface area contributed by atoms with Gasteiger partial charge in [0.25, 0.3) is 10.0 Å². The number of carbonyl (C=O) groups is 1. The van der Waals surface area contributed by atoms with Crippen molar-refractivity contribution in [2.45, 2.75) is 11.8 Å². The highest BCUT2D eigenvalue weighted by atomic mass is 32.2. The van der Waals surface area contributed by atoms with Crippen molar-refractivity contribution in [1.29, 1.82) is 0 Å². The number of benzene rings is 2. The molecule has 0 atom stereocenters. The molecule has 0 radical (unpaired) electrons. The first-order valence-corrected chi connectivity index (χ1v) is 9.59. The molecule has 0 unspecified atom stereocenters. The smallest absolute Gasteiger partial charge is 0.262 e. The van der Waals surface area contributed by atoms with Crippen molar-refractivity contribution in [2.24, 2.45) is 0 Å². The Hall–Kier alpha value is -2.42. The number of para-hydroxylation sites is 1. The van der Waals surface area contributed by atoms with Crippen molar-refractivity contribution < 1.29 is 17.9 Å². The normalized spacial score (nSPS) is 11.2. The maximum atomic E-state index is 12.7. The molecule has 2 rings (SSSR count).